The molecule has 8 heteroatoms. The van der Waals surface area contributed by atoms with Crippen LogP contribution in [0.15, 0.2) is 33.5 Å². The van der Waals surface area contributed by atoms with Crippen molar-refractivity contribution in [3.63, 3.8) is 0 Å². The van der Waals surface area contributed by atoms with Gasteiger partial charge in [-0.25, -0.2) is 4.79 Å². The smallest absolute Gasteiger partial charge is 0.336 e. The number of nitrogens with zero attached hydrogens (tertiary/aromatic N) is 4. The lowest BCUT2D eigenvalue weighted by Gasteiger charge is -2.12. The first kappa shape index (κ1) is 16.7. The molecule has 0 fully saturated rings. The van der Waals surface area contributed by atoms with Crippen LogP contribution in [-0.4, -0.2) is 29.0 Å². The molecule has 0 amide bonds. The summed E-state index contributed by atoms with van der Waals surface area (Å²) in [4.78, 5) is 25.8. The van der Waals surface area contributed by atoms with E-state index in [0.717, 1.165) is 17.4 Å². The Hall–Kier alpha value is -3.16. The molecule has 0 saturated heterocycles. The molecule has 3 rings (SSSR count). The minimum absolute atomic E-state index is 0.122. The number of ether oxygens (including phenoxy) is 1. The van der Waals surface area contributed by atoms with Crippen LogP contribution in [0.5, 0.6) is 5.75 Å². The summed E-state index contributed by atoms with van der Waals surface area (Å²) < 4.78 is 11.0. The first-order valence-corrected chi connectivity index (χ1v) is 7.83. The zero-order valence-electron chi connectivity index (χ0n) is 14.3. The summed E-state index contributed by atoms with van der Waals surface area (Å²) in [6, 6.07) is 6.89. The number of hydrogen-bond acceptors (Lipinski definition) is 8. The third-order valence-corrected chi connectivity index (χ3v) is 3.64. The van der Waals surface area contributed by atoms with Gasteiger partial charge in [0, 0.05) is 31.6 Å². The Labute approximate surface area is 144 Å². The van der Waals surface area contributed by atoms with Gasteiger partial charge in [-0.3, -0.25) is 0 Å². The van der Waals surface area contributed by atoms with Crippen LogP contribution in [0.4, 0.5) is 11.9 Å². The summed E-state index contributed by atoms with van der Waals surface area (Å²) in [7, 11) is 3.63. The van der Waals surface area contributed by atoms with E-state index in [1.807, 2.05) is 33.2 Å². The number of hydrogen-bond donors (Lipinski definition) is 1. The van der Waals surface area contributed by atoms with Crippen molar-refractivity contribution >= 4 is 22.9 Å². The summed E-state index contributed by atoms with van der Waals surface area (Å²) in [5, 5.41) is 0.897. The van der Waals surface area contributed by atoms with E-state index >= 15 is 0 Å². The van der Waals surface area contributed by atoms with Gasteiger partial charge in [0.25, 0.3) is 0 Å². The standard InChI is InChI=1S/C17H19N5O3/c1-4-10-7-15(23)25-13-8-11(5-6-12(10)13)24-9-14-19-16(18)21-17(20-14)22(2)3/h5-8H,4,9H2,1-3H3,(H2,18,19,20,21). The fraction of sp³-hybridized carbons (Fsp3) is 0.294. The Morgan fingerprint density at radius 2 is 2.00 bits per heavy atom. The number of rotatable bonds is 5. The van der Waals surface area contributed by atoms with Crippen molar-refractivity contribution in [2.24, 2.45) is 0 Å². The van der Waals surface area contributed by atoms with E-state index in [1.165, 1.54) is 6.07 Å². The van der Waals surface area contributed by atoms with Crippen LogP contribution in [-0.2, 0) is 13.0 Å². The fourth-order valence-electron chi connectivity index (χ4n) is 2.43. The van der Waals surface area contributed by atoms with Crippen molar-refractivity contribution in [1.29, 1.82) is 0 Å². The van der Waals surface area contributed by atoms with Crippen LogP contribution in [0.2, 0.25) is 0 Å². The van der Waals surface area contributed by atoms with Crippen molar-refractivity contribution in [3.8, 4) is 5.75 Å². The van der Waals surface area contributed by atoms with Gasteiger partial charge < -0.3 is 19.8 Å². The van der Waals surface area contributed by atoms with Crippen molar-refractivity contribution < 1.29 is 9.15 Å². The van der Waals surface area contributed by atoms with Gasteiger partial charge in [-0.2, -0.15) is 15.0 Å². The summed E-state index contributed by atoms with van der Waals surface area (Å²) in [5.41, 5.74) is 6.76. The van der Waals surface area contributed by atoms with Crippen LogP contribution in [0.1, 0.15) is 18.3 Å². The molecule has 0 aliphatic carbocycles. The second-order valence-electron chi connectivity index (χ2n) is 5.70. The highest BCUT2D eigenvalue weighted by molar-refractivity contribution is 5.81. The molecule has 2 aromatic heterocycles. The average molecular weight is 341 g/mol. The number of anilines is 2. The van der Waals surface area contributed by atoms with Crippen LogP contribution in [0, 0.1) is 0 Å². The van der Waals surface area contributed by atoms with E-state index < -0.39 is 0 Å². The lowest BCUT2D eigenvalue weighted by molar-refractivity contribution is 0.295. The van der Waals surface area contributed by atoms with Crippen LogP contribution in [0.25, 0.3) is 11.0 Å². The molecule has 0 aliphatic rings. The fourth-order valence-corrected chi connectivity index (χ4v) is 2.43. The second kappa shape index (κ2) is 6.76. The molecule has 0 bridgehead atoms. The normalized spacial score (nSPS) is 10.8. The molecule has 1 aromatic carbocycles. The lowest BCUT2D eigenvalue weighted by atomic mass is 10.1. The molecule has 8 nitrogen and oxygen atoms in total. The highest BCUT2D eigenvalue weighted by atomic mass is 16.5. The van der Waals surface area contributed by atoms with Crippen molar-refractivity contribution in [2.45, 2.75) is 20.0 Å². The molecule has 3 aromatic rings. The summed E-state index contributed by atoms with van der Waals surface area (Å²) in [6.07, 6.45) is 0.750. The summed E-state index contributed by atoms with van der Waals surface area (Å²) in [5.74, 6) is 1.56. The van der Waals surface area contributed by atoms with Crippen molar-refractivity contribution in [3.05, 3.63) is 46.1 Å². The largest absolute Gasteiger partial charge is 0.485 e. The number of nitrogens with two attached hydrogens (primary N) is 1. The zero-order valence-corrected chi connectivity index (χ0v) is 14.3. The molecular formula is C17H19N5O3. The zero-order chi connectivity index (χ0) is 18.0. The van der Waals surface area contributed by atoms with E-state index in [9.17, 15) is 4.79 Å². The Balaban J connectivity index is 1.85. The maximum absolute atomic E-state index is 11.6. The third-order valence-electron chi connectivity index (χ3n) is 3.64. The van der Waals surface area contributed by atoms with Gasteiger partial charge in [-0.05, 0) is 24.1 Å². The molecule has 2 N–H and O–H groups in total. The van der Waals surface area contributed by atoms with Crippen molar-refractivity contribution in [2.75, 3.05) is 24.7 Å². The van der Waals surface area contributed by atoms with Crippen molar-refractivity contribution in [1.82, 2.24) is 15.0 Å². The Bertz CT molecular complexity index is 968. The average Bonchev–Trinajstić information content (AvgIpc) is 2.58. The van der Waals surface area contributed by atoms with Gasteiger partial charge in [0.15, 0.2) is 5.82 Å². The first-order chi connectivity index (χ1) is 12.0. The lowest BCUT2D eigenvalue weighted by Crippen LogP contribution is -2.16. The van der Waals surface area contributed by atoms with E-state index in [4.69, 9.17) is 14.9 Å². The monoisotopic (exact) mass is 341 g/mol. The molecule has 2 heterocycles. The van der Waals surface area contributed by atoms with Gasteiger partial charge in [0.2, 0.25) is 11.9 Å². The molecule has 0 aliphatic heterocycles. The Morgan fingerprint density at radius 3 is 2.72 bits per heavy atom. The first-order valence-electron chi connectivity index (χ1n) is 7.83. The van der Waals surface area contributed by atoms with Crippen LogP contribution >= 0.6 is 0 Å². The minimum atomic E-state index is -0.373. The third kappa shape index (κ3) is 3.68. The number of benzene rings is 1. The number of aromatic nitrogens is 3. The molecule has 25 heavy (non-hydrogen) atoms. The number of fused-ring (bicyclic) bond motifs is 1. The van der Waals surface area contributed by atoms with E-state index in [-0.39, 0.29) is 18.2 Å². The highest BCUT2D eigenvalue weighted by Gasteiger charge is 2.09. The highest BCUT2D eigenvalue weighted by Crippen LogP contribution is 2.23. The van der Waals surface area contributed by atoms with E-state index in [1.54, 1.807) is 11.0 Å². The SMILES string of the molecule is CCc1cc(=O)oc2cc(OCc3nc(N)nc(N(C)C)n3)ccc12. The Morgan fingerprint density at radius 1 is 1.20 bits per heavy atom. The summed E-state index contributed by atoms with van der Waals surface area (Å²) in [6.45, 7) is 2.11. The van der Waals surface area contributed by atoms with Gasteiger partial charge in [-0.1, -0.05) is 6.92 Å². The maximum atomic E-state index is 11.6. The van der Waals surface area contributed by atoms with Crippen LogP contribution < -0.4 is 21.0 Å². The topological polar surface area (TPSA) is 107 Å². The predicted octanol–water partition coefficient (Wildman–Crippen LogP) is 1.77. The molecular weight excluding hydrogens is 322 g/mol. The molecule has 0 saturated carbocycles. The van der Waals surface area contributed by atoms with Crippen LogP contribution in [0.3, 0.4) is 0 Å². The van der Waals surface area contributed by atoms with Gasteiger partial charge in [-0.15, -0.1) is 0 Å². The quantitative estimate of drug-likeness (QED) is 0.700. The van der Waals surface area contributed by atoms with E-state index in [2.05, 4.69) is 15.0 Å². The van der Waals surface area contributed by atoms with Gasteiger partial charge in [0.05, 0.1) is 0 Å². The Kier molecular flexibility index (Phi) is 4.51. The number of aryl methyl sites for hydroxylation is 1. The van der Waals surface area contributed by atoms with E-state index in [0.29, 0.717) is 23.1 Å². The molecule has 0 spiro atoms. The minimum Gasteiger partial charge on any atom is -0.485 e. The maximum Gasteiger partial charge on any atom is 0.336 e. The molecule has 0 atom stereocenters. The van der Waals surface area contributed by atoms with Gasteiger partial charge >= 0.3 is 5.63 Å². The molecule has 130 valence electrons. The summed E-state index contributed by atoms with van der Waals surface area (Å²) >= 11 is 0. The predicted molar refractivity (Wildman–Crippen MR) is 94.8 cm³/mol. The van der Waals surface area contributed by atoms with Gasteiger partial charge in [0.1, 0.15) is 17.9 Å². The molecule has 0 unspecified atom stereocenters. The number of nitrogen functional groups attached to an aromatic ring is 1. The second-order valence-corrected chi connectivity index (χ2v) is 5.70. The molecule has 0 radical (unpaired) electrons.